The highest BCUT2D eigenvalue weighted by Gasteiger charge is 2.27. The van der Waals surface area contributed by atoms with E-state index in [-0.39, 0.29) is 0 Å². The summed E-state index contributed by atoms with van der Waals surface area (Å²) in [7, 11) is 0.957. The average molecular weight is 272 g/mol. The summed E-state index contributed by atoms with van der Waals surface area (Å²) in [4.78, 5) is 21.2. The van der Waals surface area contributed by atoms with Crippen LogP contribution in [0.5, 0.6) is 5.75 Å². The van der Waals surface area contributed by atoms with Gasteiger partial charge >= 0.3 is 18.3 Å². The van der Waals surface area contributed by atoms with E-state index in [0.717, 1.165) is 19.2 Å². The molecule has 0 fully saturated rings. The van der Waals surface area contributed by atoms with Gasteiger partial charge in [0, 0.05) is 12.1 Å². The molecule has 0 aliphatic rings. The van der Waals surface area contributed by atoms with E-state index >= 15 is 0 Å². The molecule has 0 saturated heterocycles. The molecule has 0 amide bonds. The number of nitrogens with zero attached hydrogens (tertiary/aromatic N) is 2. The molecule has 0 atom stereocenters. The molecule has 0 bridgehead atoms. The fourth-order valence-electron chi connectivity index (χ4n) is 1.33. The molecule has 0 N–H and O–H groups in total. The number of nitriles is 1. The number of nitro groups is 1. The van der Waals surface area contributed by atoms with Crippen molar-refractivity contribution in [2.24, 2.45) is 0 Å². The normalized spacial score (nSPS) is 9.84. The van der Waals surface area contributed by atoms with Crippen molar-refractivity contribution in [3.05, 3.63) is 33.4 Å². The summed E-state index contributed by atoms with van der Waals surface area (Å²) in [5.41, 5.74) is -2.04. The fourth-order valence-corrected chi connectivity index (χ4v) is 1.33. The van der Waals surface area contributed by atoms with Crippen LogP contribution in [0.15, 0.2) is 12.1 Å². The number of hydrogen-bond acceptors (Lipinski definition) is 6. The maximum Gasteiger partial charge on any atom is 0.387 e. The van der Waals surface area contributed by atoms with E-state index in [1.165, 1.54) is 6.07 Å². The van der Waals surface area contributed by atoms with Crippen LogP contribution in [-0.2, 0) is 4.74 Å². The standard InChI is InChI=1S/C10H6F2N2O5/c1-18-9(15)7-3-6(19-10(11)12)2-5(4-13)8(7)14(16)17/h2-3,10H,1H3. The third-order valence-electron chi connectivity index (χ3n) is 2.02. The molecule has 7 nitrogen and oxygen atoms in total. The van der Waals surface area contributed by atoms with E-state index in [1.54, 1.807) is 0 Å². The quantitative estimate of drug-likeness (QED) is 0.470. The van der Waals surface area contributed by atoms with Crippen LogP contribution >= 0.6 is 0 Å². The van der Waals surface area contributed by atoms with E-state index in [9.17, 15) is 23.7 Å². The highest BCUT2D eigenvalue weighted by atomic mass is 19.3. The zero-order chi connectivity index (χ0) is 14.6. The maximum absolute atomic E-state index is 12.1. The summed E-state index contributed by atoms with van der Waals surface area (Å²) < 4.78 is 32.5. The van der Waals surface area contributed by atoms with Crippen molar-refractivity contribution in [1.82, 2.24) is 0 Å². The van der Waals surface area contributed by atoms with Crippen molar-refractivity contribution in [3.63, 3.8) is 0 Å². The number of carbonyl (C=O) groups is 1. The van der Waals surface area contributed by atoms with Gasteiger partial charge in [0.1, 0.15) is 22.9 Å². The van der Waals surface area contributed by atoms with Gasteiger partial charge in [-0.05, 0) is 0 Å². The number of benzene rings is 1. The van der Waals surface area contributed by atoms with Gasteiger partial charge in [0.25, 0.3) is 0 Å². The minimum atomic E-state index is -3.20. The number of halogens is 2. The Labute approximate surface area is 105 Å². The highest BCUT2D eigenvalue weighted by molar-refractivity contribution is 5.95. The van der Waals surface area contributed by atoms with E-state index in [2.05, 4.69) is 9.47 Å². The Balaban J connectivity index is 3.51. The van der Waals surface area contributed by atoms with Crippen LogP contribution in [0.3, 0.4) is 0 Å². The Morgan fingerprint density at radius 3 is 2.58 bits per heavy atom. The van der Waals surface area contributed by atoms with Crippen LogP contribution in [0.1, 0.15) is 15.9 Å². The molecule has 0 saturated carbocycles. The first-order valence-corrected chi connectivity index (χ1v) is 4.66. The van der Waals surface area contributed by atoms with Crippen LogP contribution < -0.4 is 4.74 Å². The molecule has 9 heteroatoms. The second-order valence-corrected chi connectivity index (χ2v) is 3.11. The molecule has 0 heterocycles. The Morgan fingerprint density at radius 1 is 1.53 bits per heavy atom. The molecule has 0 unspecified atom stereocenters. The molecular weight excluding hydrogens is 266 g/mol. The van der Waals surface area contributed by atoms with Gasteiger partial charge in [-0.2, -0.15) is 14.0 Å². The largest absolute Gasteiger partial charge is 0.465 e. The SMILES string of the molecule is COC(=O)c1cc(OC(F)F)cc(C#N)c1[N+](=O)[O-]. The number of hydrogen-bond donors (Lipinski definition) is 0. The van der Waals surface area contributed by atoms with Gasteiger partial charge in [-0.15, -0.1) is 0 Å². The summed E-state index contributed by atoms with van der Waals surface area (Å²) in [5, 5.41) is 19.6. The third kappa shape index (κ3) is 3.12. The van der Waals surface area contributed by atoms with Gasteiger partial charge in [0.15, 0.2) is 0 Å². The van der Waals surface area contributed by atoms with Gasteiger partial charge in [-0.1, -0.05) is 0 Å². The van der Waals surface area contributed by atoms with E-state index < -0.39 is 40.1 Å². The highest BCUT2D eigenvalue weighted by Crippen LogP contribution is 2.30. The zero-order valence-corrected chi connectivity index (χ0v) is 9.42. The third-order valence-corrected chi connectivity index (χ3v) is 2.02. The lowest BCUT2D eigenvalue weighted by Crippen LogP contribution is -2.09. The number of carbonyl (C=O) groups excluding carboxylic acids is 1. The monoisotopic (exact) mass is 272 g/mol. The van der Waals surface area contributed by atoms with E-state index in [0.29, 0.717) is 0 Å². The second kappa shape index (κ2) is 5.72. The topological polar surface area (TPSA) is 102 Å². The first-order valence-electron chi connectivity index (χ1n) is 4.66. The minimum absolute atomic E-state index is 0.544. The van der Waals surface area contributed by atoms with Crippen molar-refractivity contribution >= 4 is 11.7 Å². The average Bonchev–Trinajstić information content (AvgIpc) is 2.35. The first-order chi connectivity index (χ1) is 8.90. The molecule has 1 rings (SSSR count). The van der Waals surface area contributed by atoms with Gasteiger partial charge in [-0.3, -0.25) is 10.1 Å². The summed E-state index contributed by atoms with van der Waals surface area (Å²) in [5.74, 6) is -1.68. The summed E-state index contributed by atoms with van der Waals surface area (Å²) in [6.07, 6.45) is 0. The molecule has 0 spiro atoms. The number of nitro benzene ring substituents is 1. The van der Waals surface area contributed by atoms with Gasteiger partial charge in [-0.25, -0.2) is 4.79 Å². The Hall–Kier alpha value is -2.76. The Bertz CT molecular complexity index is 568. The summed E-state index contributed by atoms with van der Waals surface area (Å²) >= 11 is 0. The Kier molecular flexibility index (Phi) is 4.31. The fraction of sp³-hybridized carbons (Fsp3) is 0.200. The molecule has 0 aliphatic heterocycles. The summed E-state index contributed by atoms with van der Waals surface area (Å²) in [6, 6.07) is 2.90. The smallest absolute Gasteiger partial charge is 0.387 e. The molecule has 0 aliphatic carbocycles. The number of methoxy groups -OCH3 is 1. The van der Waals surface area contributed by atoms with Crippen molar-refractivity contribution in [3.8, 4) is 11.8 Å². The Morgan fingerprint density at radius 2 is 2.16 bits per heavy atom. The lowest BCUT2D eigenvalue weighted by molar-refractivity contribution is -0.385. The number of alkyl halides is 2. The van der Waals surface area contributed by atoms with Crippen molar-refractivity contribution in [2.75, 3.05) is 7.11 Å². The van der Waals surface area contributed by atoms with Crippen LogP contribution in [0.4, 0.5) is 14.5 Å². The molecule has 1 aromatic carbocycles. The van der Waals surface area contributed by atoms with Gasteiger partial charge in [0.2, 0.25) is 0 Å². The molecule has 1 aromatic rings. The predicted octanol–water partition coefficient (Wildman–Crippen LogP) is 1.85. The minimum Gasteiger partial charge on any atom is -0.465 e. The van der Waals surface area contributed by atoms with Crippen LogP contribution in [-0.4, -0.2) is 24.6 Å². The van der Waals surface area contributed by atoms with Crippen LogP contribution in [0.2, 0.25) is 0 Å². The second-order valence-electron chi connectivity index (χ2n) is 3.11. The zero-order valence-electron chi connectivity index (χ0n) is 9.42. The van der Waals surface area contributed by atoms with Crippen LogP contribution in [0, 0.1) is 21.4 Å². The number of rotatable bonds is 4. The molecular formula is C10H6F2N2O5. The summed E-state index contributed by atoms with van der Waals surface area (Å²) in [6.45, 7) is -3.20. The van der Waals surface area contributed by atoms with E-state index in [4.69, 9.17) is 5.26 Å². The van der Waals surface area contributed by atoms with Gasteiger partial charge < -0.3 is 9.47 Å². The van der Waals surface area contributed by atoms with Crippen molar-refractivity contribution < 1.29 is 28.0 Å². The maximum atomic E-state index is 12.1. The molecule has 0 aromatic heterocycles. The first kappa shape index (κ1) is 14.3. The van der Waals surface area contributed by atoms with Crippen molar-refractivity contribution in [2.45, 2.75) is 6.61 Å². The molecule has 19 heavy (non-hydrogen) atoms. The van der Waals surface area contributed by atoms with Crippen molar-refractivity contribution in [1.29, 1.82) is 5.26 Å². The van der Waals surface area contributed by atoms with Gasteiger partial charge in [0.05, 0.1) is 12.0 Å². The molecule has 0 radical (unpaired) electrons. The molecule has 100 valence electrons. The lowest BCUT2D eigenvalue weighted by atomic mass is 10.1. The number of esters is 1. The lowest BCUT2D eigenvalue weighted by Gasteiger charge is -2.08. The predicted molar refractivity (Wildman–Crippen MR) is 55.8 cm³/mol. The number of ether oxygens (including phenoxy) is 2. The van der Waals surface area contributed by atoms with Crippen LogP contribution in [0.25, 0.3) is 0 Å². The van der Waals surface area contributed by atoms with E-state index in [1.807, 2.05) is 0 Å².